The first-order valence-electron chi connectivity index (χ1n) is 5.63. The Kier molecular flexibility index (Phi) is 3.88. The summed E-state index contributed by atoms with van der Waals surface area (Å²) in [7, 11) is -2.57. The molecular weight excluding hydrogens is 320 g/mol. The van der Waals surface area contributed by atoms with Gasteiger partial charge in [0, 0.05) is 18.9 Å². The zero-order valence-electron chi connectivity index (χ0n) is 11.0. The summed E-state index contributed by atoms with van der Waals surface area (Å²) in [6.45, 7) is 1.64. The van der Waals surface area contributed by atoms with Crippen molar-refractivity contribution in [1.29, 1.82) is 0 Å². The maximum Gasteiger partial charge on any atom is 0.352 e. The van der Waals surface area contributed by atoms with Gasteiger partial charge in [0.15, 0.2) is 0 Å². The third-order valence-corrected chi connectivity index (χ3v) is 4.05. The third-order valence-electron chi connectivity index (χ3n) is 2.56. The lowest BCUT2D eigenvalue weighted by Crippen LogP contribution is -2.15. The lowest BCUT2D eigenvalue weighted by atomic mass is 10.4. The number of nitrogens with zero attached hydrogens (tertiary/aromatic N) is 3. The zero-order chi connectivity index (χ0) is 15.8. The van der Waals surface area contributed by atoms with Crippen LogP contribution in [0.1, 0.15) is 16.2 Å². The molecule has 0 aliphatic carbocycles. The number of aromatic carboxylic acids is 1. The van der Waals surface area contributed by atoms with Crippen molar-refractivity contribution in [3.05, 3.63) is 34.9 Å². The van der Waals surface area contributed by atoms with E-state index in [4.69, 9.17) is 16.7 Å². The number of aryl methyl sites for hydroxylation is 2. The van der Waals surface area contributed by atoms with Crippen molar-refractivity contribution in [1.82, 2.24) is 14.5 Å². The molecule has 2 heterocycles. The molecule has 0 fully saturated rings. The Bertz CT molecular complexity index is 795. The Morgan fingerprint density at radius 2 is 2.05 bits per heavy atom. The highest BCUT2D eigenvalue weighted by Crippen LogP contribution is 2.17. The van der Waals surface area contributed by atoms with Gasteiger partial charge in [0.25, 0.3) is 10.0 Å². The highest BCUT2D eigenvalue weighted by atomic mass is 35.5. The van der Waals surface area contributed by atoms with Crippen molar-refractivity contribution >= 4 is 33.5 Å². The molecule has 0 aromatic carbocycles. The average molecular weight is 331 g/mol. The number of nitrogens with one attached hydrogen (secondary N) is 1. The predicted octanol–water partition coefficient (Wildman–Crippen LogP) is 1.28. The fourth-order valence-electron chi connectivity index (χ4n) is 1.65. The number of hydrogen-bond acceptors (Lipinski definition) is 5. The van der Waals surface area contributed by atoms with E-state index < -0.39 is 16.0 Å². The summed E-state index contributed by atoms with van der Waals surface area (Å²) >= 11 is 5.73. The number of hydrogen-bond donors (Lipinski definition) is 2. The molecule has 0 saturated carbocycles. The fourth-order valence-corrected chi connectivity index (χ4v) is 2.90. The topological polar surface area (TPSA) is 114 Å². The molecule has 0 saturated heterocycles. The number of rotatable bonds is 4. The SMILES string of the molecule is Cc1cc(Cl)nc(NS(=O)(=O)c2cc(C(=O)O)n(C)c2)n1. The minimum absolute atomic E-state index is 0.0967. The van der Waals surface area contributed by atoms with Crippen molar-refractivity contribution in [2.45, 2.75) is 11.8 Å². The first kappa shape index (κ1) is 15.3. The van der Waals surface area contributed by atoms with Gasteiger partial charge in [-0.2, -0.15) is 0 Å². The number of anilines is 1. The van der Waals surface area contributed by atoms with Crippen molar-refractivity contribution in [2.24, 2.45) is 7.05 Å². The molecule has 0 atom stereocenters. The second kappa shape index (κ2) is 5.34. The molecule has 2 rings (SSSR count). The third kappa shape index (κ3) is 3.31. The van der Waals surface area contributed by atoms with Crippen LogP contribution in [0, 0.1) is 6.92 Å². The van der Waals surface area contributed by atoms with Gasteiger partial charge in [0.05, 0.1) is 0 Å². The van der Waals surface area contributed by atoms with Crippen LogP contribution in [0.3, 0.4) is 0 Å². The Balaban J connectivity index is 2.38. The highest BCUT2D eigenvalue weighted by molar-refractivity contribution is 7.92. The van der Waals surface area contributed by atoms with Crippen LogP contribution in [0.15, 0.2) is 23.2 Å². The van der Waals surface area contributed by atoms with Crippen molar-refractivity contribution in [2.75, 3.05) is 4.72 Å². The molecule has 0 aliphatic heterocycles. The van der Waals surface area contributed by atoms with Gasteiger partial charge in [-0.15, -0.1) is 0 Å². The summed E-state index contributed by atoms with van der Waals surface area (Å²) in [5, 5.41) is 9.03. The van der Waals surface area contributed by atoms with Gasteiger partial charge in [0.1, 0.15) is 15.7 Å². The Morgan fingerprint density at radius 1 is 1.38 bits per heavy atom. The number of carboxylic acid groups (broad SMARTS) is 1. The summed E-state index contributed by atoms with van der Waals surface area (Å²) in [4.78, 5) is 18.4. The summed E-state index contributed by atoms with van der Waals surface area (Å²) in [5.41, 5.74) is 0.338. The Morgan fingerprint density at radius 3 is 2.57 bits per heavy atom. The molecule has 21 heavy (non-hydrogen) atoms. The van der Waals surface area contributed by atoms with E-state index >= 15 is 0 Å². The van der Waals surface area contributed by atoms with E-state index in [-0.39, 0.29) is 21.7 Å². The number of carboxylic acids is 1. The average Bonchev–Trinajstić information content (AvgIpc) is 2.70. The van der Waals surface area contributed by atoms with E-state index in [2.05, 4.69) is 14.7 Å². The molecular formula is C11H11ClN4O4S. The molecule has 0 amide bonds. The van der Waals surface area contributed by atoms with Gasteiger partial charge in [-0.05, 0) is 19.1 Å². The van der Waals surface area contributed by atoms with Gasteiger partial charge in [-0.25, -0.2) is 27.9 Å². The first-order chi connectivity index (χ1) is 9.69. The smallest absolute Gasteiger partial charge is 0.352 e. The quantitative estimate of drug-likeness (QED) is 0.816. The van der Waals surface area contributed by atoms with Crippen molar-refractivity contribution < 1.29 is 18.3 Å². The molecule has 0 aliphatic rings. The largest absolute Gasteiger partial charge is 0.477 e. The summed E-state index contributed by atoms with van der Waals surface area (Å²) < 4.78 is 27.7. The fraction of sp³-hybridized carbons (Fsp3) is 0.182. The van der Waals surface area contributed by atoms with E-state index in [1.165, 1.54) is 23.9 Å². The molecule has 0 bridgehead atoms. The first-order valence-corrected chi connectivity index (χ1v) is 7.49. The second-order valence-corrected chi connectivity index (χ2v) is 6.31. The molecule has 112 valence electrons. The van der Waals surface area contributed by atoms with Crippen LogP contribution in [0.25, 0.3) is 0 Å². The lowest BCUT2D eigenvalue weighted by Gasteiger charge is -2.05. The molecule has 0 radical (unpaired) electrons. The maximum absolute atomic E-state index is 12.2. The monoisotopic (exact) mass is 330 g/mol. The van der Waals surface area contributed by atoms with Crippen molar-refractivity contribution in [3.63, 3.8) is 0 Å². The number of sulfonamides is 1. The molecule has 10 heteroatoms. The summed E-state index contributed by atoms with van der Waals surface area (Å²) in [6, 6.07) is 2.52. The van der Waals surface area contributed by atoms with E-state index in [9.17, 15) is 13.2 Å². The van der Waals surface area contributed by atoms with Gasteiger partial charge in [-0.1, -0.05) is 11.6 Å². The number of halogens is 1. The van der Waals surface area contributed by atoms with Gasteiger partial charge in [0.2, 0.25) is 5.95 Å². The minimum Gasteiger partial charge on any atom is -0.477 e. The second-order valence-electron chi connectivity index (χ2n) is 4.24. The zero-order valence-corrected chi connectivity index (χ0v) is 12.6. The van der Waals surface area contributed by atoms with E-state index in [1.807, 2.05) is 0 Å². The minimum atomic E-state index is -4.00. The van der Waals surface area contributed by atoms with Gasteiger partial charge < -0.3 is 9.67 Å². The van der Waals surface area contributed by atoms with Crippen LogP contribution in [0.4, 0.5) is 5.95 Å². The summed E-state index contributed by atoms with van der Waals surface area (Å²) in [5.74, 6) is -1.41. The molecule has 2 N–H and O–H groups in total. The summed E-state index contributed by atoms with van der Waals surface area (Å²) in [6.07, 6.45) is 1.18. The van der Waals surface area contributed by atoms with E-state index in [0.717, 1.165) is 6.07 Å². The van der Waals surface area contributed by atoms with E-state index in [1.54, 1.807) is 6.92 Å². The molecule has 0 unspecified atom stereocenters. The highest BCUT2D eigenvalue weighted by Gasteiger charge is 2.21. The lowest BCUT2D eigenvalue weighted by molar-refractivity contribution is 0.0686. The molecule has 2 aromatic rings. The molecule has 8 nitrogen and oxygen atoms in total. The maximum atomic E-state index is 12.2. The van der Waals surface area contributed by atoms with Crippen LogP contribution >= 0.6 is 11.6 Å². The molecule has 0 spiro atoms. The van der Waals surface area contributed by atoms with Crippen LogP contribution < -0.4 is 4.72 Å². The van der Waals surface area contributed by atoms with Gasteiger partial charge in [-0.3, -0.25) is 0 Å². The van der Waals surface area contributed by atoms with Crippen LogP contribution in [0.5, 0.6) is 0 Å². The normalized spacial score (nSPS) is 11.4. The van der Waals surface area contributed by atoms with Crippen LogP contribution in [0.2, 0.25) is 5.15 Å². The predicted molar refractivity (Wildman–Crippen MR) is 75.0 cm³/mol. The number of aromatic nitrogens is 3. The van der Waals surface area contributed by atoms with E-state index in [0.29, 0.717) is 5.69 Å². The van der Waals surface area contributed by atoms with Crippen LogP contribution in [-0.2, 0) is 17.1 Å². The number of carbonyl (C=O) groups is 1. The standard InChI is InChI=1S/C11H11ClN4O4S/c1-6-3-9(12)14-11(13-6)15-21(19,20)7-4-8(10(17)18)16(2)5-7/h3-5H,1-2H3,(H,17,18)(H,13,14,15). The Labute approximate surface area is 125 Å². The van der Waals surface area contributed by atoms with Crippen LogP contribution in [-0.4, -0.2) is 34.0 Å². The van der Waals surface area contributed by atoms with Crippen molar-refractivity contribution in [3.8, 4) is 0 Å². The Hall–Kier alpha value is -2.13. The molecule has 2 aromatic heterocycles. The van der Waals surface area contributed by atoms with Gasteiger partial charge >= 0.3 is 5.97 Å².